The van der Waals surface area contributed by atoms with Crippen LogP contribution in [0.1, 0.15) is 12.5 Å². The average Bonchev–Trinajstić information content (AvgIpc) is 2.75. The van der Waals surface area contributed by atoms with Gasteiger partial charge in [-0.05, 0) is 31.5 Å². The number of aromatic nitrogens is 1. The predicted molar refractivity (Wildman–Crippen MR) is 119 cm³/mol. The number of benzene rings is 2. The van der Waals surface area contributed by atoms with Crippen molar-refractivity contribution in [1.29, 1.82) is 0 Å². The van der Waals surface area contributed by atoms with E-state index in [1.165, 1.54) is 0 Å². The Bertz CT molecular complexity index is 999. The molecule has 0 spiro atoms. The molecule has 0 fully saturated rings. The number of anilines is 1. The van der Waals surface area contributed by atoms with Crippen molar-refractivity contribution in [2.24, 2.45) is 0 Å². The Labute approximate surface area is 177 Å². The first kappa shape index (κ1) is 22.2. The number of methoxy groups -OCH3 is 2. The number of hydrogen-bond acceptors (Lipinski definition) is 6. The molecule has 0 radical (unpaired) electrons. The first-order chi connectivity index (χ1) is 14.7. The third-order valence-electron chi connectivity index (χ3n) is 4.95. The SMILES string of the molecule is CCNc1cc2oc3c/c(=[N+](\CCOC)CCOCCOC)ccc-3nc2cc1C. The molecule has 1 aromatic carbocycles. The van der Waals surface area contributed by atoms with Crippen molar-refractivity contribution in [3.63, 3.8) is 0 Å². The monoisotopic (exact) mass is 414 g/mol. The molecule has 0 saturated heterocycles. The number of fused-ring (bicyclic) bond motifs is 2. The van der Waals surface area contributed by atoms with Gasteiger partial charge in [0.2, 0.25) is 5.36 Å². The van der Waals surface area contributed by atoms with Crippen LogP contribution in [0.4, 0.5) is 5.69 Å². The first-order valence-electron chi connectivity index (χ1n) is 10.4. The van der Waals surface area contributed by atoms with Gasteiger partial charge < -0.3 is 23.9 Å². The second kappa shape index (κ2) is 11.1. The summed E-state index contributed by atoms with van der Waals surface area (Å²) in [4.78, 5) is 4.79. The molecular formula is C23H32N3O4+. The number of hydrogen-bond donors (Lipinski definition) is 1. The normalized spacial score (nSPS) is 12.5. The Morgan fingerprint density at radius 3 is 2.57 bits per heavy atom. The molecule has 1 N–H and O–H groups in total. The number of rotatable bonds is 11. The van der Waals surface area contributed by atoms with Gasteiger partial charge in [-0.2, -0.15) is 0 Å². The van der Waals surface area contributed by atoms with Crippen molar-refractivity contribution in [3.05, 3.63) is 41.3 Å². The summed E-state index contributed by atoms with van der Waals surface area (Å²) < 4.78 is 24.4. The van der Waals surface area contributed by atoms with E-state index in [4.69, 9.17) is 23.6 Å². The molecule has 2 aliphatic rings. The zero-order valence-electron chi connectivity index (χ0n) is 18.4. The summed E-state index contributed by atoms with van der Waals surface area (Å²) in [6, 6.07) is 10.2. The molecule has 0 aromatic heterocycles. The molecule has 0 amide bonds. The Morgan fingerprint density at radius 2 is 1.80 bits per heavy atom. The van der Waals surface area contributed by atoms with Gasteiger partial charge in [-0.1, -0.05) is 0 Å². The van der Waals surface area contributed by atoms with Crippen LogP contribution in [0.2, 0.25) is 0 Å². The molecule has 7 nitrogen and oxygen atoms in total. The molecule has 1 aliphatic carbocycles. The van der Waals surface area contributed by atoms with Crippen molar-refractivity contribution < 1.29 is 18.6 Å². The van der Waals surface area contributed by atoms with E-state index in [9.17, 15) is 0 Å². The van der Waals surface area contributed by atoms with Crippen LogP contribution in [-0.4, -0.2) is 65.3 Å². The summed E-state index contributed by atoms with van der Waals surface area (Å²) in [5.41, 5.74) is 4.69. The third kappa shape index (κ3) is 5.56. The van der Waals surface area contributed by atoms with Crippen LogP contribution in [0.25, 0.3) is 22.6 Å². The topological polar surface area (TPSA) is 68.8 Å². The molecule has 1 aliphatic heterocycles. The van der Waals surface area contributed by atoms with Crippen molar-refractivity contribution in [3.8, 4) is 11.5 Å². The molecule has 3 rings (SSSR count). The molecular weight excluding hydrogens is 382 g/mol. The molecule has 0 saturated carbocycles. The van der Waals surface area contributed by atoms with Crippen molar-refractivity contribution in [2.45, 2.75) is 13.8 Å². The van der Waals surface area contributed by atoms with Crippen LogP contribution in [0.3, 0.4) is 0 Å². The lowest BCUT2D eigenvalue weighted by Crippen LogP contribution is -2.35. The largest absolute Gasteiger partial charge is 0.452 e. The zero-order chi connectivity index (χ0) is 21.3. The lowest BCUT2D eigenvalue weighted by Gasteiger charge is -2.11. The molecule has 162 valence electrons. The van der Waals surface area contributed by atoms with Crippen molar-refractivity contribution in [1.82, 2.24) is 9.56 Å². The fourth-order valence-corrected chi connectivity index (χ4v) is 3.34. The van der Waals surface area contributed by atoms with Gasteiger partial charge in [0.15, 0.2) is 24.4 Å². The van der Waals surface area contributed by atoms with Crippen LogP contribution in [0.5, 0.6) is 0 Å². The highest BCUT2D eigenvalue weighted by Gasteiger charge is 2.14. The minimum absolute atomic E-state index is 0.588. The molecule has 0 unspecified atom stereocenters. The highest BCUT2D eigenvalue weighted by atomic mass is 16.5. The van der Waals surface area contributed by atoms with Gasteiger partial charge in [0, 0.05) is 38.6 Å². The minimum Gasteiger partial charge on any atom is -0.452 e. The Morgan fingerprint density at radius 1 is 1.00 bits per heavy atom. The average molecular weight is 415 g/mol. The van der Waals surface area contributed by atoms with E-state index in [0.717, 1.165) is 58.8 Å². The first-order valence-corrected chi connectivity index (χ1v) is 10.4. The van der Waals surface area contributed by atoms with Gasteiger partial charge in [-0.3, -0.25) is 0 Å². The molecule has 0 atom stereocenters. The maximum atomic E-state index is 6.23. The third-order valence-corrected chi connectivity index (χ3v) is 4.95. The molecule has 1 aromatic rings. The highest BCUT2D eigenvalue weighted by Crippen LogP contribution is 2.27. The van der Waals surface area contributed by atoms with Gasteiger partial charge >= 0.3 is 0 Å². The van der Waals surface area contributed by atoms with E-state index in [1.54, 1.807) is 14.2 Å². The molecule has 30 heavy (non-hydrogen) atoms. The second-order valence-electron chi connectivity index (χ2n) is 7.12. The molecule has 7 heteroatoms. The van der Waals surface area contributed by atoms with Gasteiger partial charge in [0.25, 0.3) is 0 Å². The number of aryl methyl sites for hydroxylation is 1. The van der Waals surface area contributed by atoms with Crippen LogP contribution in [-0.2, 0) is 14.2 Å². The van der Waals surface area contributed by atoms with Gasteiger partial charge in [0.05, 0.1) is 19.3 Å². The van der Waals surface area contributed by atoms with Crippen molar-refractivity contribution >= 4 is 16.8 Å². The van der Waals surface area contributed by atoms with Crippen LogP contribution in [0.15, 0.2) is 34.7 Å². The van der Waals surface area contributed by atoms with Gasteiger partial charge in [-0.15, -0.1) is 0 Å². The summed E-state index contributed by atoms with van der Waals surface area (Å²) in [5.74, 6) is 0.758. The van der Waals surface area contributed by atoms with Crippen molar-refractivity contribution in [2.75, 3.05) is 65.6 Å². The number of nitrogens with one attached hydrogen (secondary N) is 1. The summed E-state index contributed by atoms with van der Waals surface area (Å²) in [6.07, 6.45) is 0. The van der Waals surface area contributed by atoms with E-state index in [2.05, 4.69) is 35.9 Å². The quantitative estimate of drug-likeness (QED) is 0.296. The standard InChI is InChI=1S/C23H31N3O4/c1-5-24-20-16-23-21(14-17(20)2)25-19-7-6-18(15-22(19)30-23)26(8-10-27-3)9-11-29-13-12-28-4/h6-7,14-16H,5,8-13H2,1-4H3/p+1. The summed E-state index contributed by atoms with van der Waals surface area (Å²) in [7, 11) is 3.39. The fourth-order valence-electron chi connectivity index (χ4n) is 3.34. The lowest BCUT2D eigenvalue weighted by atomic mass is 10.1. The van der Waals surface area contributed by atoms with E-state index >= 15 is 0 Å². The van der Waals surface area contributed by atoms with Crippen LogP contribution < -0.4 is 15.2 Å². The molecule has 1 heterocycles. The maximum Gasteiger partial charge on any atom is 0.203 e. The summed E-state index contributed by atoms with van der Waals surface area (Å²) in [5, 5.41) is 4.43. The maximum absolute atomic E-state index is 6.23. The molecule has 0 bridgehead atoms. The fraction of sp³-hybridized carbons (Fsp3) is 0.478. The number of nitrogens with zero attached hydrogens (tertiary/aromatic N) is 2. The van der Waals surface area contributed by atoms with Gasteiger partial charge in [0.1, 0.15) is 24.4 Å². The highest BCUT2D eigenvalue weighted by molar-refractivity contribution is 5.81. The van der Waals surface area contributed by atoms with E-state index in [-0.39, 0.29) is 0 Å². The Hall–Kier alpha value is -2.48. The van der Waals surface area contributed by atoms with Crippen LogP contribution >= 0.6 is 0 Å². The lowest BCUT2D eigenvalue weighted by molar-refractivity contribution is 0.0689. The summed E-state index contributed by atoms with van der Waals surface area (Å²) in [6.45, 7) is 8.97. The van der Waals surface area contributed by atoms with Gasteiger partial charge in [-0.25, -0.2) is 9.56 Å². The summed E-state index contributed by atoms with van der Waals surface area (Å²) >= 11 is 0. The van der Waals surface area contributed by atoms with E-state index in [1.807, 2.05) is 18.2 Å². The zero-order valence-corrected chi connectivity index (χ0v) is 18.4. The predicted octanol–water partition coefficient (Wildman–Crippen LogP) is 2.75. The number of ether oxygens (including phenoxy) is 3. The van der Waals surface area contributed by atoms with E-state index in [0.29, 0.717) is 26.4 Å². The Balaban J connectivity index is 1.97. The second-order valence-corrected chi connectivity index (χ2v) is 7.12. The Kier molecular flexibility index (Phi) is 8.19. The van der Waals surface area contributed by atoms with E-state index < -0.39 is 0 Å². The van der Waals surface area contributed by atoms with Crippen LogP contribution in [0, 0.1) is 6.92 Å². The smallest absolute Gasteiger partial charge is 0.203 e. The minimum atomic E-state index is 0.588.